The predicted octanol–water partition coefficient (Wildman–Crippen LogP) is 3.54. The van der Waals surface area contributed by atoms with Gasteiger partial charge in [-0.25, -0.2) is 10.9 Å². The Hall–Kier alpha value is -4.03. The second kappa shape index (κ2) is 8.55. The number of fused-ring (bicyclic) bond motifs is 3. The summed E-state index contributed by atoms with van der Waals surface area (Å²) < 4.78 is 0. The first-order chi connectivity index (χ1) is 14.6. The number of rotatable bonds is 5. The highest BCUT2D eigenvalue weighted by Crippen LogP contribution is 2.36. The molecule has 0 bridgehead atoms. The summed E-state index contributed by atoms with van der Waals surface area (Å²) >= 11 is 0. The van der Waals surface area contributed by atoms with Crippen molar-refractivity contribution in [2.75, 3.05) is 0 Å². The van der Waals surface area contributed by atoms with Crippen LogP contribution in [0, 0.1) is 0 Å². The Morgan fingerprint density at radius 1 is 0.900 bits per heavy atom. The first kappa shape index (κ1) is 19.3. The van der Waals surface area contributed by atoms with Gasteiger partial charge in [-0.3, -0.25) is 14.8 Å². The third-order valence-corrected chi connectivity index (χ3v) is 4.88. The smallest absolute Gasteiger partial charge is 0.271 e. The van der Waals surface area contributed by atoms with Gasteiger partial charge in [0, 0.05) is 11.6 Å². The molecule has 2 amide bonds. The molecular weight excluding hydrogens is 378 g/mol. The van der Waals surface area contributed by atoms with Crippen molar-refractivity contribution in [3.8, 4) is 11.1 Å². The molecule has 0 atom stereocenters. The van der Waals surface area contributed by atoms with E-state index >= 15 is 0 Å². The van der Waals surface area contributed by atoms with Crippen LogP contribution in [0.25, 0.3) is 17.2 Å². The number of benzene rings is 3. The highest BCUT2D eigenvalue weighted by Gasteiger charge is 2.17. The molecule has 0 saturated carbocycles. The van der Waals surface area contributed by atoms with E-state index in [1.54, 1.807) is 30.5 Å². The molecular formula is C24H19N3O3. The van der Waals surface area contributed by atoms with Gasteiger partial charge >= 0.3 is 0 Å². The van der Waals surface area contributed by atoms with Gasteiger partial charge in [-0.15, -0.1) is 0 Å². The molecule has 0 aliphatic heterocycles. The number of hydrogen-bond donors (Lipinski definition) is 3. The van der Waals surface area contributed by atoms with Crippen LogP contribution in [0.4, 0.5) is 0 Å². The lowest BCUT2D eigenvalue weighted by molar-refractivity contribution is -0.124. The van der Waals surface area contributed by atoms with Crippen LogP contribution in [0.3, 0.4) is 0 Å². The maximum Gasteiger partial charge on any atom is 0.271 e. The average Bonchev–Trinajstić information content (AvgIpc) is 3.15. The number of hydroxylamine groups is 1. The standard InChI is InChI=1S/C24H19N3O3/c28-23(27-30)11-9-16-4-3-6-19(12-16)24(29)26-25-15-17-8-10-22-20(13-17)14-18-5-1-2-7-21(18)22/h1-13,15,30H,14H2,(H,26,29)(H,27,28)/b11-9+,25-15+. The van der Waals surface area contributed by atoms with Crippen molar-refractivity contribution in [2.45, 2.75) is 6.42 Å². The molecule has 6 heteroatoms. The minimum absolute atomic E-state index is 0.360. The highest BCUT2D eigenvalue weighted by atomic mass is 16.5. The van der Waals surface area contributed by atoms with Gasteiger partial charge in [-0.2, -0.15) is 5.10 Å². The quantitative estimate of drug-likeness (QED) is 0.208. The molecule has 30 heavy (non-hydrogen) atoms. The van der Waals surface area contributed by atoms with Crippen molar-refractivity contribution in [3.63, 3.8) is 0 Å². The zero-order valence-electron chi connectivity index (χ0n) is 16.0. The van der Waals surface area contributed by atoms with Gasteiger partial charge in [0.15, 0.2) is 0 Å². The molecule has 0 unspecified atom stereocenters. The van der Waals surface area contributed by atoms with Crippen molar-refractivity contribution in [1.82, 2.24) is 10.9 Å². The summed E-state index contributed by atoms with van der Waals surface area (Å²) in [5, 5.41) is 12.6. The number of carbonyl (C=O) groups excluding carboxylic acids is 2. The summed E-state index contributed by atoms with van der Waals surface area (Å²) in [6, 6.07) is 21.2. The molecule has 6 nitrogen and oxygen atoms in total. The Balaban J connectivity index is 1.42. The largest absolute Gasteiger partial charge is 0.288 e. The van der Waals surface area contributed by atoms with E-state index in [1.807, 2.05) is 12.1 Å². The van der Waals surface area contributed by atoms with Gasteiger partial charge in [-0.1, -0.05) is 48.5 Å². The van der Waals surface area contributed by atoms with Gasteiger partial charge in [0.2, 0.25) is 0 Å². The van der Waals surface area contributed by atoms with E-state index in [2.05, 4.69) is 40.9 Å². The Kier molecular flexibility index (Phi) is 5.50. The second-order valence-electron chi connectivity index (χ2n) is 6.88. The van der Waals surface area contributed by atoms with Crippen LogP contribution in [0.5, 0.6) is 0 Å². The zero-order valence-corrected chi connectivity index (χ0v) is 16.0. The molecule has 0 aromatic heterocycles. The molecule has 0 heterocycles. The van der Waals surface area contributed by atoms with Crippen LogP contribution < -0.4 is 10.9 Å². The Labute approximate surface area is 173 Å². The molecule has 148 valence electrons. The highest BCUT2D eigenvalue weighted by molar-refractivity contribution is 5.96. The SMILES string of the molecule is O=C(/C=C/c1cccc(C(=O)N/N=C/c2ccc3c(c2)Cc2ccccc2-3)c1)NO. The van der Waals surface area contributed by atoms with E-state index in [-0.39, 0.29) is 5.91 Å². The van der Waals surface area contributed by atoms with Gasteiger partial charge in [-0.05, 0) is 64.1 Å². The normalized spacial score (nSPS) is 12.0. The monoisotopic (exact) mass is 397 g/mol. The van der Waals surface area contributed by atoms with Crippen molar-refractivity contribution in [3.05, 3.63) is 101 Å². The number of hydrogen-bond acceptors (Lipinski definition) is 4. The molecule has 0 spiro atoms. The number of amides is 2. The van der Waals surface area contributed by atoms with Gasteiger partial charge in [0.1, 0.15) is 0 Å². The van der Waals surface area contributed by atoms with E-state index in [0.717, 1.165) is 12.0 Å². The van der Waals surface area contributed by atoms with E-state index < -0.39 is 5.91 Å². The maximum atomic E-state index is 12.3. The van der Waals surface area contributed by atoms with E-state index in [4.69, 9.17) is 5.21 Å². The van der Waals surface area contributed by atoms with Crippen LogP contribution in [0.1, 0.15) is 32.6 Å². The molecule has 0 saturated heterocycles. The fraction of sp³-hybridized carbons (Fsp3) is 0.0417. The van der Waals surface area contributed by atoms with Gasteiger partial charge in [0.25, 0.3) is 11.8 Å². The summed E-state index contributed by atoms with van der Waals surface area (Å²) in [5.74, 6) is -1.01. The van der Waals surface area contributed by atoms with Crippen LogP contribution in [0.15, 0.2) is 77.9 Å². The number of nitrogens with one attached hydrogen (secondary N) is 2. The lowest BCUT2D eigenvalue weighted by Crippen LogP contribution is -2.17. The molecule has 3 N–H and O–H groups in total. The van der Waals surface area contributed by atoms with Crippen molar-refractivity contribution < 1.29 is 14.8 Å². The third kappa shape index (κ3) is 4.19. The van der Waals surface area contributed by atoms with E-state index in [9.17, 15) is 9.59 Å². The fourth-order valence-electron chi connectivity index (χ4n) is 3.47. The first-order valence-electron chi connectivity index (χ1n) is 9.41. The molecule has 4 rings (SSSR count). The van der Waals surface area contributed by atoms with E-state index in [1.165, 1.54) is 39.9 Å². The topological polar surface area (TPSA) is 90.8 Å². The molecule has 1 aliphatic rings. The fourth-order valence-corrected chi connectivity index (χ4v) is 3.47. The molecule has 1 aliphatic carbocycles. The third-order valence-electron chi connectivity index (χ3n) is 4.88. The summed E-state index contributed by atoms with van der Waals surface area (Å²) in [4.78, 5) is 23.4. The molecule has 3 aromatic rings. The minimum atomic E-state index is -0.646. The van der Waals surface area contributed by atoms with Crippen molar-refractivity contribution in [1.29, 1.82) is 0 Å². The predicted molar refractivity (Wildman–Crippen MR) is 115 cm³/mol. The van der Waals surface area contributed by atoms with Crippen LogP contribution in [-0.4, -0.2) is 23.2 Å². The van der Waals surface area contributed by atoms with Crippen molar-refractivity contribution in [2.24, 2.45) is 5.10 Å². The number of carbonyl (C=O) groups is 2. The number of nitrogens with zero attached hydrogens (tertiary/aromatic N) is 1. The lowest BCUT2D eigenvalue weighted by Gasteiger charge is -2.03. The molecule has 3 aromatic carbocycles. The summed E-state index contributed by atoms with van der Waals surface area (Å²) in [6.07, 6.45) is 5.18. The Morgan fingerprint density at radius 3 is 2.60 bits per heavy atom. The molecule has 0 fully saturated rings. The summed E-state index contributed by atoms with van der Waals surface area (Å²) in [7, 11) is 0. The van der Waals surface area contributed by atoms with Crippen molar-refractivity contribution >= 4 is 24.1 Å². The van der Waals surface area contributed by atoms with Crippen LogP contribution >= 0.6 is 0 Å². The second-order valence-corrected chi connectivity index (χ2v) is 6.88. The number of hydrazone groups is 1. The summed E-state index contributed by atoms with van der Waals surface area (Å²) in [6.45, 7) is 0. The zero-order chi connectivity index (χ0) is 20.9. The lowest BCUT2D eigenvalue weighted by atomic mass is 10.0. The summed E-state index contributed by atoms with van der Waals surface area (Å²) in [5.41, 5.74) is 11.1. The maximum absolute atomic E-state index is 12.3. The van der Waals surface area contributed by atoms with Gasteiger partial charge in [0.05, 0.1) is 6.21 Å². The van der Waals surface area contributed by atoms with E-state index in [0.29, 0.717) is 11.1 Å². The Morgan fingerprint density at radius 2 is 1.73 bits per heavy atom. The Bertz CT molecular complexity index is 1180. The first-order valence-corrected chi connectivity index (χ1v) is 9.41. The average molecular weight is 397 g/mol. The molecule has 0 radical (unpaired) electrons. The van der Waals surface area contributed by atoms with Crippen LogP contribution in [-0.2, 0) is 11.2 Å². The van der Waals surface area contributed by atoms with Crippen LogP contribution in [0.2, 0.25) is 0 Å². The minimum Gasteiger partial charge on any atom is -0.288 e. The van der Waals surface area contributed by atoms with Gasteiger partial charge < -0.3 is 0 Å².